The Morgan fingerprint density at radius 1 is 1.10 bits per heavy atom. The summed E-state index contributed by atoms with van der Waals surface area (Å²) in [7, 11) is 0. The van der Waals surface area contributed by atoms with Gasteiger partial charge in [-0.2, -0.15) is 0 Å². The Bertz CT molecular complexity index is 593. The van der Waals surface area contributed by atoms with Crippen LogP contribution in [0.2, 0.25) is 0 Å². The Hall–Kier alpha value is -1.38. The van der Waals surface area contributed by atoms with Crippen LogP contribution in [0.4, 0.5) is 0 Å². The normalized spacial score (nSPS) is 24.1. The highest BCUT2D eigenvalue weighted by Gasteiger charge is 2.22. The Labute approximate surface area is 126 Å². The van der Waals surface area contributed by atoms with Crippen molar-refractivity contribution in [2.75, 3.05) is 6.61 Å². The lowest BCUT2D eigenvalue weighted by Crippen LogP contribution is -2.27. The Morgan fingerprint density at radius 3 is 2.67 bits per heavy atom. The first-order valence-corrected chi connectivity index (χ1v) is 8.02. The molecule has 3 atom stereocenters. The van der Waals surface area contributed by atoms with Crippen molar-refractivity contribution in [3.8, 4) is 0 Å². The molecule has 112 valence electrons. The summed E-state index contributed by atoms with van der Waals surface area (Å²) >= 11 is 0. The monoisotopic (exact) mass is 284 g/mol. The Balaban J connectivity index is 1.64. The number of hydrogen-bond acceptors (Lipinski definition) is 2. The molecular weight excluding hydrogens is 260 g/mol. The quantitative estimate of drug-likeness (QED) is 0.897. The van der Waals surface area contributed by atoms with Gasteiger partial charge >= 0.3 is 0 Å². The zero-order valence-corrected chi connectivity index (χ0v) is 12.7. The van der Waals surface area contributed by atoms with E-state index in [1.807, 2.05) is 18.2 Å². The van der Waals surface area contributed by atoms with Gasteiger partial charge in [0.15, 0.2) is 0 Å². The molecule has 1 saturated carbocycles. The summed E-state index contributed by atoms with van der Waals surface area (Å²) in [5, 5.41) is 12.7. The highest BCUT2D eigenvalue weighted by Crippen LogP contribution is 2.28. The van der Waals surface area contributed by atoms with Gasteiger partial charge in [-0.25, -0.2) is 0 Å². The van der Waals surface area contributed by atoms with E-state index in [4.69, 9.17) is 4.74 Å². The maximum atomic E-state index is 10.4. The fraction of sp³-hybridized carbons (Fsp3) is 0.474. The highest BCUT2D eigenvalue weighted by atomic mass is 16.5. The van der Waals surface area contributed by atoms with E-state index in [9.17, 15) is 5.11 Å². The number of aliphatic hydroxyl groups excluding tert-OH is 1. The van der Waals surface area contributed by atoms with Crippen LogP contribution in [0.25, 0.3) is 10.8 Å². The average molecular weight is 284 g/mol. The van der Waals surface area contributed by atoms with Crippen LogP contribution in [0.15, 0.2) is 42.5 Å². The lowest BCUT2D eigenvalue weighted by Gasteiger charge is -2.29. The number of benzene rings is 2. The molecule has 1 aliphatic carbocycles. The standard InChI is InChI=1S/C19H24O2/c1-14-6-2-5-9-19(14)21-13-18(20)17-11-10-15-7-3-4-8-16(15)12-17/h3-4,7-8,10-12,14,18-20H,2,5-6,9,13H2,1H3. The first-order chi connectivity index (χ1) is 10.2. The summed E-state index contributed by atoms with van der Waals surface area (Å²) in [4.78, 5) is 0. The van der Waals surface area contributed by atoms with E-state index in [2.05, 4.69) is 31.2 Å². The molecule has 2 nitrogen and oxygen atoms in total. The van der Waals surface area contributed by atoms with E-state index in [-0.39, 0.29) is 0 Å². The summed E-state index contributed by atoms with van der Waals surface area (Å²) in [6.45, 7) is 2.65. The van der Waals surface area contributed by atoms with Gasteiger partial charge in [0.25, 0.3) is 0 Å². The molecule has 3 rings (SSSR count). The SMILES string of the molecule is CC1CCCCC1OCC(O)c1ccc2ccccc2c1. The van der Waals surface area contributed by atoms with Gasteiger partial charge in [-0.1, -0.05) is 56.2 Å². The Morgan fingerprint density at radius 2 is 1.86 bits per heavy atom. The molecule has 0 radical (unpaired) electrons. The number of aliphatic hydroxyl groups is 1. The predicted molar refractivity (Wildman–Crippen MR) is 86.3 cm³/mol. The average Bonchev–Trinajstić information content (AvgIpc) is 2.53. The van der Waals surface area contributed by atoms with Gasteiger partial charge in [0, 0.05) is 0 Å². The third-order valence-electron chi connectivity index (χ3n) is 4.66. The number of hydrogen-bond donors (Lipinski definition) is 1. The van der Waals surface area contributed by atoms with Crippen molar-refractivity contribution in [1.82, 2.24) is 0 Å². The molecule has 0 saturated heterocycles. The minimum atomic E-state index is -0.538. The van der Waals surface area contributed by atoms with E-state index >= 15 is 0 Å². The molecule has 2 aromatic carbocycles. The lowest BCUT2D eigenvalue weighted by molar-refractivity contribution is -0.0467. The van der Waals surface area contributed by atoms with Crippen molar-refractivity contribution in [2.24, 2.45) is 5.92 Å². The molecular formula is C19H24O2. The molecule has 1 fully saturated rings. The third kappa shape index (κ3) is 3.45. The molecule has 0 aromatic heterocycles. The van der Waals surface area contributed by atoms with E-state index in [1.54, 1.807) is 0 Å². The van der Waals surface area contributed by atoms with E-state index < -0.39 is 6.10 Å². The third-order valence-corrected chi connectivity index (χ3v) is 4.66. The molecule has 2 heteroatoms. The molecule has 2 aromatic rings. The summed E-state index contributed by atoms with van der Waals surface area (Å²) in [5.41, 5.74) is 0.942. The van der Waals surface area contributed by atoms with Gasteiger partial charge in [0.2, 0.25) is 0 Å². The molecule has 0 heterocycles. The highest BCUT2D eigenvalue weighted by molar-refractivity contribution is 5.83. The van der Waals surface area contributed by atoms with Crippen molar-refractivity contribution < 1.29 is 9.84 Å². The smallest absolute Gasteiger partial charge is 0.102 e. The molecule has 0 spiro atoms. The van der Waals surface area contributed by atoms with Crippen LogP contribution in [0.1, 0.15) is 44.3 Å². The van der Waals surface area contributed by atoms with Crippen LogP contribution in [0, 0.1) is 5.92 Å². The maximum Gasteiger partial charge on any atom is 0.102 e. The van der Waals surface area contributed by atoms with Crippen LogP contribution in [-0.4, -0.2) is 17.8 Å². The summed E-state index contributed by atoms with van der Waals surface area (Å²) < 4.78 is 5.97. The van der Waals surface area contributed by atoms with Crippen molar-refractivity contribution in [3.05, 3.63) is 48.0 Å². The van der Waals surface area contributed by atoms with Gasteiger partial charge in [0.05, 0.1) is 12.7 Å². The van der Waals surface area contributed by atoms with Crippen LogP contribution in [0.5, 0.6) is 0 Å². The largest absolute Gasteiger partial charge is 0.386 e. The van der Waals surface area contributed by atoms with Crippen LogP contribution < -0.4 is 0 Å². The fourth-order valence-electron chi connectivity index (χ4n) is 3.26. The minimum Gasteiger partial charge on any atom is -0.386 e. The van der Waals surface area contributed by atoms with Crippen molar-refractivity contribution in [3.63, 3.8) is 0 Å². The lowest BCUT2D eigenvalue weighted by atomic mass is 9.88. The molecule has 1 aliphatic rings. The number of rotatable bonds is 4. The van der Waals surface area contributed by atoms with Crippen molar-refractivity contribution in [2.45, 2.75) is 44.8 Å². The molecule has 0 bridgehead atoms. The minimum absolute atomic E-state index is 0.314. The first kappa shape index (κ1) is 14.6. The summed E-state index contributed by atoms with van der Waals surface area (Å²) in [6.07, 6.45) is 4.72. The maximum absolute atomic E-state index is 10.4. The second kappa shape index (κ2) is 6.59. The van der Waals surface area contributed by atoms with Gasteiger partial charge in [-0.15, -0.1) is 0 Å². The van der Waals surface area contributed by atoms with Crippen LogP contribution in [0.3, 0.4) is 0 Å². The Kier molecular flexibility index (Phi) is 4.57. The molecule has 1 N–H and O–H groups in total. The molecule has 0 aliphatic heterocycles. The molecule has 21 heavy (non-hydrogen) atoms. The summed E-state index contributed by atoms with van der Waals surface area (Å²) in [6, 6.07) is 14.4. The topological polar surface area (TPSA) is 29.5 Å². The zero-order valence-electron chi connectivity index (χ0n) is 12.7. The fourth-order valence-corrected chi connectivity index (χ4v) is 3.26. The van der Waals surface area contributed by atoms with E-state index in [0.29, 0.717) is 18.6 Å². The summed E-state index contributed by atoms with van der Waals surface area (Å²) in [5.74, 6) is 0.613. The second-order valence-electron chi connectivity index (χ2n) is 6.26. The zero-order chi connectivity index (χ0) is 14.7. The molecule has 0 amide bonds. The van der Waals surface area contributed by atoms with Gasteiger partial charge < -0.3 is 9.84 Å². The number of fused-ring (bicyclic) bond motifs is 1. The van der Waals surface area contributed by atoms with Crippen molar-refractivity contribution in [1.29, 1.82) is 0 Å². The van der Waals surface area contributed by atoms with Crippen LogP contribution in [-0.2, 0) is 4.74 Å². The van der Waals surface area contributed by atoms with Crippen LogP contribution >= 0.6 is 0 Å². The van der Waals surface area contributed by atoms with E-state index in [0.717, 1.165) is 12.0 Å². The van der Waals surface area contributed by atoms with Gasteiger partial charge in [0.1, 0.15) is 6.10 Å². The van der Waals surface area contributed by atoms with E-state index in [1.165, 1.54) is 30.0 Å². The van der Waals surface area contributed by atoms with Gasteiger partial charge in [-0.3, -0.25) is 0 Å². The second-order valence-corrected chi connectivity index (χ2v) is 6.26. The number of ether oxygens (including phenoxy) is 1. The molecule has 3 unspecified atom stereocenters. The first-order valence-electron chi connectivity index (χ1n) is 8.02. The van der Waals surface area contributed by atoms with Crippen molar-refractivity contribution >= 4 is 10.8 Å². The van der Waals surface area contributed by atoms with Gasteiger partial charge in [-0.05, 0) is 41.2 Å². The predicted octanol–water partition coefficient (Wildman–Crippen LogP) is 4.47.